The number of phenolic OH excluding ortho intramolecular Hbond substituents is 1. The quantitative estimate of drug-likeness (QED) is 0.883. The van der Waals surface area contributed by atoms with Gasteiger partial charge in [0.1, 0.15) is 5.75 Å². The summed E-state index contributed by atoms with van der Waals surface area (Å²) in [6, 6.07) is 5.08. The monoisotopic (exact) mass is 269 g/mol. The van der Waals surface area contributed by atoms with Crippen LogP contribution in [0.25, 0.3) is 0 Å². The average Bonchev–Trinajstić information content (AvgIpc) is 2.65. The van der Waals surface area contributed by atoms with Gasteiger partial charge in [-0.25, -0.2) is 0 Å². The van der Waals surface area contributed by atoms with Gasteiger partial charge in [-0.15, -0.1) is 0 Å². The van der Waals surface area contributed by atoms with Crippen molar-refractivity contribution >= 4 is 17.6 Å². The van der Waals surface area contributed by atoms with E-state index in [9.17, 15) is 9.90 Å². The van der Waals surface area contributed by atoms with Crippen LogP contribution in [0.3, 0.4) is 0 Å². The highest BCUT2D eigenvalue weighted by molar-refractivity contribution is 6.32. The minimum Gasteiger partial charge on any atom is -0.506 e. The van der Waals surface area contributed by atoms with Gasteiger partial charge in [0.15, 0.2) is 0 Å². The van der Waals surface area contributed by atoms with Crippen LogP contribution in [0.2, 0.25) is 5.02 Å². The van der Waals surface area contributed by atoms with Gasteiger partial charge in [-0.05, 0) is 23.6 Å². The van der Waals surface area contributed by atoms with Gasteiger partial charge in [-0.2, -0.15) is 0 Å². The lowest BCUT2D eigenvalue weighted by molar-refractivity contribution is -0.142. The molecule has 2 rings (SSSR count). The Hall–Kier alpha value is -1.26. The fourth-order valence-electron chi connectivity index (χ4n) is 2.42. The molecular formula is C13H16ClNO3. The average molecular weight is 270 g/mol. The van der Waals surface area contributed by atoms with Gasteiger partial charge in [-0.3, -0.25) is 9.69 Å². The van der Waals surface area contributed by atoms with E-state index in [-0.39, 0.29) is 17.6 Å². The smallest absolute Gasteiger partial charge is 0.308 e. The number of likely N-dealkylation sites (tertiary alicyclic amines) is 1. The number of halogens is 1. The van der Waals surface area contributed by atoms with Gasteiger partial charge >= 0.3 is 5.97 Å². The summed E-state index contributed by atoms with van der Waals surface area (Å²) < 4.78 is 0. The van der Waals surface area contributed by atoms with Crippen molar-refractivity contribution < 1.29 is 15.0 Å². The minimum atomic E-state index is -0.728. The first kappa shape index (κ1) is 13.2. The lowest BCUT2D eigenvalue weighted by Crippen LogP contribution is -2.23. The summed E-state index contributed by atoms with van der Waals surface area (Å²) in [7, 11) is 0. The maximum absolute atomic E-state index is 11.0. The van der Waals surface area contributed by atoms with Crippen LogP contribution in [0.4, 0.5) is 0 Å². The highest BCUT2D eigenvalue weighted by Crippen LogP contribution is 2.27. The van der Waals surface area contributed by atoms with Gasteiger partial charge in [0.2, 0.25) is 0 Å². The molecule has 5 heteroatoms. The fourth-order valence-corrected chi connectivity index (χ4v) is 2.63. The molecular weight excluding hydrogens is 254 g/mol. The number of phenols is 1. The van der Waals surface area contributed by atoms with E-state index in [2.05, 4.69) is 4.90 Å². The lowest BCUT2D eigenvalue weighted by atomic mass is 9.99. The van der Waals surface area contributed by atoms with Crippen LogP contribution >= 0.6 is 11.6 Å². The van der Waals surface area contributed by atoms with Crippen molar-refractivity contribution in [2.24, 2.45) is 11.8 Å². The van der Waals surface area contributed by atoms with E-state index in [1.165, 1.54) is 0 Å². The summed E-state index contributed by atoms with van der Waals surface area (Å²) in [6.45, 7) is 3.96. The summed E-state index contributed by atoms with van der Waals surface area (Å²) in [5.74, 6) is -0.792. The SMILES string of the molecule is C[C@@H]1CN(Cc2ccc(O)c(Cl)c2)C[C@H]1C(=O)O. The molecule has 1 fully saturated rings. The number of nitrogens with zero attached hydrogens (tertiary/aromatic N) is 1. The molecule has 2 atom stereocenters. The molecule has 18 heavy (non-hydrogen) atoms. The van der Waals surface area contributed by atoms with Crippen molar-refractivity contribution in [1.29, 1.82) is 0 Å². The highest BCUT2D eigenvalue weighted by Gasteiger charge is 2.34. The number of benzene rings is 1. The molecule has 0 amide bonds. The Morgan fingerprint density at radius 2 is 2.22 bits per heavy atom. The zero-order valence-electron chi connectivity index (χ0n) is 10.1. The van der Waals surface area contributed by atoms with Crippen LogP contribution < -0.4 is 0 Å². The Labute approximate surface area is 111 Å². The fraction of sp³-hybridized carbons (Fsp3) is 0.462. The number of carbonyl (C=O) groups is 1. The minimum absolute atomic E-state index is 0.0682. The molecule has 1 saturated heterocycles. The molecule has 4 nitrogen and oxygen atoms in total. The molecule has 2 N–H and O–H groups in total. The molecule has 1 aliphatic heterocycles. The lowest BCUT2D eigenvalue weighted by Gasteiger charge is -2.15. The molecule has 0 aliphatic carbocycles. The highest BCUT2D eigenvalue weighted by atomic mass is 35.5. The number of carboxylic acid groups (broad SMARTS) is 1. The Bertz CT molecular complexity index is 464. The van der Waals surface area contributed by atoms with Crippen LogP contribution in [-0.2, 0) is 11.3 Å². The molecule has 0 bridgehead atoms. The molecule has 0 unspecified atom stereocenters. The van der Waals surface area contributed by atoms with Crippen LogP contribution in [0.15, 0.2) is 18.2 Å². The van der Waals surface area contributed by atoms with Gasteiger partial charge in [0.25, 0.3) is 0 Å². The van der Waals surface area contributed by atoms with Crippen LogP contribution in [0, 0.1) is 11.8 Å². The van der Waals surface area contributed by atoms with Crippen molar-refractivity contribution in [3.8, 4) is 5.75 Å². The summed E-state index contributed by atoms with van der Waals surface area (Å²) in [4.78, 5) is 13.1. The van der Waals surface area contributed by atoms with Crippen molar-refractivity contribution in [2.75, 3.05) is 13.1 Å². The number of rotatable bonds is 3. The van der Waals surface area contributed by atoms with Gasteiger partial charge in [-0.1, -0.05) is 24.6 Å². The van der Waals surface area contributed by atoms with Crippen LogP contribution in [0.5, 0.6) is 5.75 Å². The molecule has 1 aromatic rings. The standard InChI is InChI=1S/C13H16ClNO3/c1-8-5-15(7-10(8)13(17)18)6-9-2-3-12(16)11(14)4-9/h2-4,8,10,16H,5-7H2,1H3,(H,17,18)/t8-,10-/m1/s1. The maximum Gasteiger partial charge on any atom is 0.308 e. The maximum atomic E-state index is 11.0. The van der Waals surface area contributed by atoms with E-state index in [1.54, 1.807) is 18.2 Å². The predicted octanol–water partition coefficient (Wildman–Crippen LogP) is 2.20. The van der Waals surface area contributed by atoms with Crippen LogP contribution in [-0.4, -0.2) is 34.2 Å². The van der Waals surface area contributed by atoms with Gasteiger partial charge in [0, 0.05) is 19.6 Å². The van der Waals surface area contributed by atoms with E-state index >= 15 is 0 Å². The van der Waals surface area contributed by atoms with E-state index in [4.69, 9.17) is 16.7 Å². The predicted molar refractivity (Wildman–Crippen MR) is 68.7 cm³/mol. The van der Waals surface area contributed by atoms with Gasteiger partial charge < -0.3 is 10.2 Å². The molecule has 1 aliphatic rings. The number of carboxylic acids is 1. The molecule has 0 spiro atoms. The Balaban J connectivity index is 2.03. The van der Waals surface area contributed by atoms with Crippen molar-refractivity contribution in [2.45, 2.75) is 13.5 Å². The Morgan fingerprint density at radius 3 is 2.78 bits per heavy atom. The number of aromatic hydroxyl groups is 1. The second-order valence-corrected chi connectivity index (χ2v) is 5.31. The summed E-state index contributed by atoms with van der Waals surface area (Å²) in [5, 5.41) is 18.7. The first-order valence-corrected chi connectivity index (χ1v) is 6.27. The first-order valence-electron chi connectivity index (χ1n) is 5.90. The van der Waals surface area contributed by atoms with Crippen molar-refractivity contribution in [3.63, 3.8) is 0 Å². The Kier molecular flexibility index (Phi) is 3.78. The van der Waals surface area contributed by atoms with Crippen molar-refractivity contribution in [1.82, 2.24) is 4.90 Å². The van der Waals surface area contributed by atoms with Crippen LogP contribution in [0.1, 0.15) is 12.5 Å². The first-order chi connectivity index (χ1) is 8.47. The van der Waals surface area contributed by atoms with E-state index in [0.717, 1.165) is 12.1 Å². The van der Waals surface area contributed by atoms with E-state index < -0.39 is 5.97 Å². The zero-order chi connectivity index (χ0) is 13.3. The molecule has 1 heterocycles. The number of hydrogen-bond donors (Lipinski definition) is 2. The third-order valence-corrected chi connectivity index (χ3v) is 3.73. The Morgan fingerprint density at radius 1 is 1.50 bits per heavy atom. The molecule has 0 aromatic heterocycles. The summed E-state index contributed by atoms with van der Waals surface area (Å²) >= 11 is 5.84. The zero-order valence-corrected chi connectivity index (χ0v) is 10.9. The summed E-state index contributed by atoms with van der Waals surface area (Å²) in [6.07, 6.45) is 0. The number of hydrogen-bond acceptors (Lipinski definition) is 3. The second-order valence-electron chi connectivity index (χ2n) is 4.90. The molecule has 0 saturated carbocycles. The normalized spacial score (nSPS) is 24.3. The number of aliphatic carboxylic acids is 1. The largest absolute Gasteiger partial charge is 0.506 e. The van der Waals surface area contributed by atoms with E-state index in [0.29, 0.717) is 18.1 Å². The van der Waals surface area contributed by atoms with Crippen molar-refractivity contribution in [3.05, 3.63) is 28.8 Å². The van der Waals surface area contributed by atoms with E-state index in [1.807, 2.05) is 6.92 Å². The third-order valence-electron chi connectivity index (χ3n) is 3.42. The van der Waals surface area contributed by atoms with Gasteiger partial charge in [0.05, 0.1) is 10.9 Å². The molecule has 1 aromatic carbocycles. The topological polar surface area (TPSA) is 60.8 Å². The summed E-state index contributed by atoms with van der Waals surface area (Å²) in [5.41, 5.74) is 0.982. The second kappa shape index (κ2) is 5.16. The third kappa shape index (κ3) is 2.76. The molecule has 98 valence electrons. The molecule has 0 radical (unpaired) electrons.